The van der Waals surface area contributed by atoms with Crippen LogP contribution in [0.2, 0.25) is 0 Å². The van der Waals surface area contributed by atoms with Gasteiger partial charge in [0.25, 0.3) is 0 Å². The lowest BCUT2D eigenvalue weighted by atomic mass is 9.93. The number of ketones is 1. The van der Waals surface area contributed by atoms with Crippen molar-refractivity contribution >= 4 is 21.8 Å². The quantitative estimate of drug-likeness (QED) is 0.751. The van der Waals surface area contributed by atoms with Crippen molar-refractivity contribution in [3.05, 3.63) is 29.8 Å². The lowest BCUT2D eigenvalue weighted by Gasteiger charge is -2.29. The molecule has 0 radical (unpaired) electrons. The van der Waals surface area contributed by atoms with Gasteiger partial charge in [0.1, 0.15) is 11.8 Å². The molecule has 0 amide bonds. The van der Waals surface area contributed by atoms with Crippen molar-refractivity contribution in [2.45, 2.75) is 62.9 Å². The monoisotopic (exact) mass is 379 g/mol. The van der Waals surface area contributed by atoms with Gasteiger partial charge in [-0.05, 0) is 45.2 Å². The van der Waals surface area contributed by atoms with Crippen LogP contribution >= 0.6 is 0 Å². The van der Waals surface area contributed by atoms with Gasteiger partial charge in [0.15, 0.2) is 0 Å². The van der Waals surface area contributed by atoms with Crippen LogP contribution in [0.25, 0.3) is 0 Å². The number of esters is 1. The summed E-state index contributed by atoms with van der Waals surface area (Å²) in [5.74, 6) is -0.931. The minimum Gasteiger partial charge on any atom is -0.465 e. The number of hydrogen-bond acceptors (Lipinski definition) is 5. The maximum atomic E-state index is 13.3. The second kappa shape index (κ2) is 7.48. The Morgan fingerprint density at radius 3 is 2.58 bits per heavy atom. The first-order chi connectivity index (χ1) is 12.4. The summed E-state index contributed by atoms with van der Waals surface area (Å²) in [6, 6.07) is 5.18. The number of Topliss-reactive ketones (excluding diaryl/α,β-unsaturated/α-hetero) is 1. The van der Waals surface area contributed by atoms with Crippen LogP contribution in [-0.4, -0.2) is 43.2 Å². The molecule has 7 heteroatoms. The van der Waals surface area contributed by atoms with Gasteiger partial charge in [-0.2, -0.15) is 4.31 Å². The first kappa shape index (κ1) is 19.0. The van der Waals surface area contributed by atoms with Crippen molar-refractivity contribution in [2.24, 2.45) is 5.92 Å². The number of ether oxygens (including phenoxy) is 1. The molecule has 3 rings (SSSR count). The van der Waals surface area contributed by atoms with E-state index in [2.05, 4.69) is 0 Å². The van der Waals surface area contributed by atoms with Crippen molar-refractivity contribution < 1.29 is 22.7 Å². The molecule has 142 valence electrons. The first-order valence-corrected chi connectivity index (χ1v) is 10.6. The van der Waals surface area contributed by atoms with Crippen LogP contribution in [-0.2, 0) is 24.3 Å². The Balaban J connectivity index is 2.04. The number of carbonyl (C=O) groups excluding carboxylic acids is 2. The molecule has 0 unspecified atom stereocenters. The standard InChI is InChI=1S/C19H25NO5S/c1-3-25-19(22)17-12-15-16(6-4-5-7-18(15)21)20(17)26(23,24)14-10-8-13(2)9-11-14/h8-11,15-17H,3-7,12H2,1-2H3/t15-,16-,17-/m1/s1. The van der Waals surface area contributed by atoms with Crippen LogP contribution < -0.4 is 0 Å². The van der Waals surface area contributed by atoms with E-state index >= 15 is 0 Å². The Kier molecular flexibility index (Phi) is 5.48. The summed E-state index contributed by atoms with van der Waals surface area (Å²) in [6.45, 7) is 3.75. The van der Waals surface area contributed by atoms with Gasteiger partial charge in [-0.1, -0.05) is 24.1 Å². The van der Waals surface area contributed by atoms with E-state index in [9.17, 15) is 18.0 Å². The lowest BCUT2D eigenvalue weighted by Crippen LogP contribution is -2.46. The largest absolute Gasteiger partial charge is 0.465 e. The molecule has 3 atom stereocenters. The summed E-state index contributed by atoms with van der Waals surface area (Å²) in [4.78, 5) is 25.1. The maximum absolute atomic E-state index is 13.3. The summed E-state index contributed by atoms with van der Waals surface area (Å²) < 4.78 is 33.1. The van der Waals surface area contributed by atoms with Gasteiger partial charge < -0.3 is 4.74 Å². The van der Waals surface area contributed by atoms with Gasteiger partial charge in [0, 0.05) is 18.4 Å². The molecule has 1 aromatic rings. The summed E-state index contributed by atoms with van der Waals surface area (Å²) in [7, 11) is -3.90. The van der Waals surface area contributed by atoms with Gasteiger partial charge in [-0.25, -0.2) is 8.42 Å². The van der Waals surface area contributed by atoms with Crippen LogP contribution in [0.3, 0.4) is 0 Å². The third-order valence-electron chi connectivity index (χ3n) is 5.32. The van der Waals surface area contributed by atoms with E-state index in [-0.39, 0.29) is 23.7 Å². The average Bonchev–Trinajstić information content (AvgIpc) is 2.91. The molecule has 6 nitrogen and oxygen atoms in total. The molecule has 0 aromatic heterocycles. The zero-order chi connectivity index (χ0) is 18.9. The number of rotatable bonds is 4. The molecule has 0 N–H and O–H groups in total. The van der Waals surface area contributed by atoms with Gasteiger partial charge in [-0.15, -0.1) is 0 Å². The van der Waals surface area contributed by atoms with Crippen LogP contribution in [0.15, 0.2) is 29.2 Å². The number of sulfonamides is 1. The molecule has 26 heavy (non-hydrogen) atoms. The van der Waals surface area contributed by atoms with E-state index in [1.165, 1.54) is 4.31 Å². The SMILES string of the molecule is CCOC(=O)[C@H]1C[C@H]2C(=O)CCCC[C@H]2N1S(=O)(=O)c1ccc(C)cc1. The van der Waals surface area contributed by atoms with Crippen LogP contribution in [0.5, 0.6) is 0 Å². The highest BCUT2D eigenvalue weighted by molar-refractivity contribution is 7.89. The lowest BCUT2D eigenvalue weighted by molar-refractivity contribution is -0.147. The van der Waals surface area contributed by atoms with Crippen LogP contribution in [0, 0.1) is 12.8 Å². The Bertz CT molecular complexity index is 787. The van der Waals surface area contributed by atoms with E-state index in [1.807, 2.05) is 6.92 Å². The molecule has 1 aromatic carbocycles. The van der Waals surface area contributed by atoms with Crippen molar-refractivity contribution in [1.29, 1.82) is 0 Å². The fourth-order valence-corrected chi connectivity index (χ4v) is 5.88. The number of carbonyl (C=O) groups is 2. The number of fused-ring (bicyclic) bond motifs is 1. The second-order valence-corrected chi connectivity index (χ2v) is 8.88. The van der Waals surface area contributed by atoms with Gasteiger partial charge in [-0.3, -0.25) is 9.59 Å². The molecular weight excluding hydrogens is 354 g/mol. The Hall–Kier alpha value is -1.73. The Labute approximate surface area is 154 Å². The summed E-state index contributed by atoms with van der Waals surface area (Å²) in [6.07, 6.45) is 2.82. The van der Waals surface area contributed by atoms with Crippen molar-refractivity contribution in [2.75, 3.05) is 6.61 Å². The highest BCUT2D eigenvalue weighted by atomic mass is 32.2. The minimum atomic E-state index is -3.90. The highest BCUT2D eigenvalue weighted by Crippen LogP contribution is 2.41. The van der Waals surface area contributed by atoms with Crippen LogP contribution in [0.1, 0.15) is 44.6 Å². The first-order valence-electron chi connectivity index (χ1n) is 9.15. The Morgan fingerprint density at radius 2 is 1.92 bits per heavy atom. The molecule has 1 aliphatic carbocycles. The molecule has 2 fully saturated rings. The third-order valence-corrected chi connectivity index (χ3v) is 7.27. The number of hydrogen-bond donors (Lipinski definition) is 0. The predicted octanol–water partition coefficient (Wildman–Crippen LogP) is 2.45. The average molecular weight is 379 g/mol. The smallest absolute Gasteiger partial charge is 0.324 e. The van der Waals surface area contributed by atoms with Crippen molar-refractivity contribution in [3.63, 3.8) is 0 Å². The topological polar surface area (TPSA) is 80.8 Å². The number of benzene rings is 1. The summed E-state index contributed by atoms with van der Waals surface area (Å²) in [5.41, 5.74) is 0.954. The fraction of sp³-hybridized carbons (Fsp3) is 0.579. The molecule has 0 bridgehead atoms. The minimum absolute atomic E-state index is 0.0587. The van der Waals surface area contributed by atoms with E-state index in [1.54, 1.807) is 31.2 Å². The zero-order valence-electron chi connectivity index (χ0n) is 15.2. The third kappa shape index (κ3) is 3.42. The Morgan fingerprint density at radius 1 is 1.23 bits per heavy atom. The van der Waals surface area contributed by atoms with Crippen molar-refractivity contribution in [3.8, 4) is 0 Å². The van der Waals surface area contributed by atoms with E-state index < -0.39 is 34.0 Å². The van der Waals surface area contributed by atoms with Gasteiger partial charge >= 0.3 is 5.97 Å². The maximum Gasteiger partial charge on any atom is 0.324 e. The summed E-state index contributed by atoms with van der Waals surface area (Å²) in [5, 5.41) is 0. The molecule has 2 aliphatic rings. The molecule has 0 spiro atoms. The second-order valence-electron chi connectivity index (χ2n) is 7.04. The number of aryl methyl sites for hydroxylation is 1. The van der Waals surface area contributed by atoms with E-state index in [0.29, 0.717) is 12.8 Å². The zero-order valence-corrected chi connectivity index (χ0v) is 16.0. The molecule has 1 heterocycles. The van der Waals surface area contributed by atoms with Crippen molar-refractivity contribution in [1.82, 2.24) is 4.31 Å². The van der Waals surface area contributed by atoms with E-state index in [0.717, 1.165) is 18.4 Å². The molecule has 1 saturated heterocycles. The van der Waals surface area contributed by atoms with E-state index in [4.69, 9.17) is 4.74 Å². The number of nitrogens with zero attached hydrogens (tertiary/aromatic N) is 1. The van der Waals surface area contributed by atoms with Gasteiger partial charge in [0.05, 0.1) is 11.5 Å². The van der Waals surface area contributed by atoms with Gasteiger partial charge in [0.2, 0.25) is 10.0 Å². The summed E-state index contributed by atoms with van der Waals surface area (Å²) >= 11 is 0. The molecular formula is C19H25NO5S. The van der Waals surface area contributed by atoms with Crippen LogP contribution in [0.4, 0.5) is 0 Å². The predicted molar refractivity (Wildman–Crippen MR) is 96.0 cm³/mol. The fourth-order valence-electron chi connectivity index (χ4n) is 4.04. The molecule has 1 saturated carbocycles. The molecule has 1 aliphatic heterocycles. The highest BCUT2D eigenvalue weighted by Gasteiger charge is 2.53. The normalized spacial score (nSPS) is 27.0.